The fourth-order valence-corrected chi connectivity index (χ4v) is 3.28. The van der Waals surface area contributed by atoms with Crippen molar-refractivity contribution in [1.29, 1.82) is 0 Å². The van der Waals surface area contributed by atoms with Gasteiger partial charge >= 0.3 is 6.03 Å². The Labute approximate surface area is 177 Å². The maximum Gasteiger partial charge on any atom is 0.344 e. The minimum absolute atomic E-state index is 0.120. The number of hydrogen-bond acceptors (Lipinski definition) is 5. The van der Waals surface area contributed by atoms with Gasteiger partial charge in [0.25, 0.3) is 11.8 Å². The molecule has 0 bridgehead atoms. The first kappa shape index (κ1) is 23.4. The zero-order chi connectivity index (χ0) is 22.3. The minimum atomic E-state index is -1.03. The van der Waals surface area contributed by atoms with Gasteiger partial charge in [0.2, 0.25) is 0 Å². The second-order valence-electron chi connectivity index (χ2n) is 7.89. The Morgan fingerprint density at radius 2 is 1.90 bits per heavy atom. The summed E-state index contributed by atoms with van der Waals surface area (Å²) in [5, 5.41) is 3.40. The number of benzene rings is 1. The lowest BCUT2D eigenvalue weighted by molar-refractivity contribution is -0.141. The van der Waals surface area contributed by atoms with Gasteiger partial charge in [0.15, 0.2) is 11.9 Å². The lowest BCUT2D eigenvalue weighted by Crippen LogP contribution is -2.51. The van der Waals surface area contributed by atoms with E-state index in [1.165, 1.54) is 19.9 Å². The van der Waals surface area contributed by atoms with Gasteiger partial charge in [-0.2, -0.15) is 5.01 Å². The van der Waals surface area contributed by atoms with Gasteiger partial charge in [-0.3, -0.25) is 19.8 Å². The van der Waals surface area contributed by atoms with Gasteiger partial charge in [0.1, 0.15) is 11.3 Å². The van der Waals surface area contributed by atoms with Crippen LogP contribution in [0.4, 0.5) is 4.79 Å². The Morgan fingerprint density at radius 1 is 1.20 bits per heavy atom. The number of nitrogens with one attached hydrogen (secondary N) is 2. The van der Waals surface area contributed by atoms with E-state index in [2.05, 4.69) is 17.7 Å². The van der Waals surface area contributed by atoms with Crippen LogP contribution in [0.5, 0.6) is 5.75 Å². The van der Waals surface area contributed by atoms with Gasteiger partial charge in [-0.05, 0) is 39.3 Å². The summed E-state index contributed by atoms with van der Waals surface area (Å²) in [7, 11) is 0. The van der Waals surface area contributed by atoms with E-state index in [-0.39, 0.29) is 5.78 Å². The molecule has 2 unspecified atom stereocenters. The second kappa shape index (κ2) is 10.2. The predicted octanol–water partition coefficient (Wildman–Crippen LogP) is 3.36. The van der Waals surface area contributed by atoms with Crippen LogP contribution >= 0.6 is 0 Å². The minimum Gasteiger partial charge on any atom is -0.481 e. The number of carbonyl (C=O) groups excluding carboxylic acids is 4. The Bertz CT molecular complexity index is 810. The zero-order valence-corrected chi connectivity index (χ0v) is 18.1. The molecule has 8 nitrogen and oxygen atoms in total. The van der Waals surface area contributed by atoms with Crippen molar-refractivity contribution in [3.8, 4) is 5.75 Å². The van der Waals surface area contributed by atoms with Crippen LogP contribution in [-0.2, 0) is 9.59 Å². The summed E-state index contributed by atoms with van der Waals surface area (Å²) in [6.07, 6.45) is 4.71. The molecule has 1 fully saturated rings. The van der Waals surface area contributed by atoms with Crippen LogP contribution < -0.4 is 15.5 Å². The third-order valence-electron chi connectivity index (χ3n) is 5.19. The lowest BCUT2D eigenvalue weighted by atomic mass is 9.94. The number of hydrazine groups is 1. The van der Waals surface area contributed by atoms with E-state index in [0.717, 1.165) is 37.1 Å². The van der Waals surface area contributed by atoms with Crippen molar-refractivity contribution in [1.82, 2.24) is 15.8 Å². The molecule has 164 valence electrons. The van der Waals surface area contributed by atoms with Crippen molar-refractivity contribution in [3.05, 3.63) is 29.8 Å². The molecule has 0 aromatic heterocycles. The molecule has 1 saturated heterocycles. The van der Waals surface area contributed by atoms with Crippen LogP contribution in [0.1, 0.15) is 76.6 Å². The summed E-state index contributed by atoms with van der Waals surface area (Å²) in [5.41, 5.74) is 1.77. The van der Waals surface area contributed by atoms with Gasteiger partial charge in [-0.25, -0.2) is 4.79 Å². The highest BCUT2D eigenvalue weighted by molar-refractivity contribution is 6.07. The SMILES string of the molecule is CCCCCCCC1(C)NC(=O)N(NC(=O)C(C)Oc2cccc(C(C)=O)c2)C1=O. The van der Waals surface area contributed by atoms with E-state index in [4.69, 9.17) is 4.74 Å². The summed E-state index contributed by atoms with van der Waals surface area (Å²) in [5.74, 6) is -0.897. The summed E-state index contributed by atoms with van der Waals surface area (Å²) in [6, 6.07) is 5.81. The number of Topliss-reactive ketones (excluding diaryl/α,β-unsaturated/α-hetero) is 1. The molecular weight excluding hydrogens is 386 g/mol. The molecule has 1 aliphatic rings. The van der Waals surface area contributed by atoms with E-state index in [1.807, 2.05) is 0 Å². The smallest absolute Gasteiger partial charge is 0.344 e. The molecule has 1 aromatic carbocycles. The van der Waals surface area contributed by atoms with Crippen molar-refractivity contribution in [2.45, 2.75) is 77.9 Å². The number of amides is 4. The highest BCUT2D eigenvalue weighted by Gasteiger charge is 2.48. The summed E-state index contributed by atoms with van der Waals surface area (Å²) < 4.78 is 5.57. The van der Waals surface area contributed by atoms with E-state index < -0.39 is 29.5 Å². The van der Waals surface area contributed by atoms with Crippen molar-refractivity contribution in [2.75, 3.05) is 0 Å². The number of hydrogen-bond donors (Lipinski definition) is 2. The largest absolute Gasteiger partial charge is 0.481 e. The van der Waals surface area contributed by atoms with Crippen LogP contribution in [-0.4, -0.2) is 40.3 Å². The van der Waals surface area contributed by atoms with Crippen LogP contribution in [0.15, 0.2) is 24.3 Å². The highest BCUT2D eigenvalue weighted by Crippen LogP contribution is 2.23. The van der Waals surface area contributed by atoms with Crippen LogP contribution in [0.25, 0.3) is 0 Å². The average molecular weight is 418 g/mol. The molecule has 30 heavy (non-hydrogen) atoms. The van der Waals surface area contributed by atoms with E-state index in [9.17, 15) is 19.2 Å². The summed E-state index contributed by atoms with van der Waals surface area (Å²) in [4.78, 5) is 49.0. The Morgan fingerprint density at radius 3 is 2.57 bits per heavy atom. The average Bonchev–Trinajstić information content (AvgIpc) is 2.91. The fourth-order valence-electron chi connectivity index (χ4n) is 3.28. The molecule has 2 atom stereocenters. The molecule has 4 amide bonds. The van der Waals surface area contributed by atoms with Gasteiger partial charge in [-0.15, -0.1) is 0 Å². The van der Waals surface area contributed by atoms with Crippen molar-refractivity contribution < 1.29 is 23.9 Å². The first-order valence-electron chi connectivity index (χ1n) is 10.4. The lowest BCUT2D eigenvalue weighted by Gasteiger charge is -2.22. The standard InChI is InChI=1S/C22H31N3O5/c1-5-6-7-8-9-13-22(4)20(28)25(21(29)23-22)24-19(27)16(3)30-18-12-10-11-17(14-18)15(2)26/h10-12,14,16H,5-9,13H2,1-4H3,(H,23,29)(H,24,27). The van der Waals surface area contributed by atoms with Gasteiger partial charge in [0.05, 0.1) is 0 Å². The summed E-state index contributed by atoms with van der Waals surface area (Å²) in [6.45, 7) is 6.74. The van der Waals surface area contributed by atoms with Crippen molar-refractivity contribution >= 4 is 23.6 Å². The predicted molar refractivity (Wildman–Crippen MR) is 112 cm³/mol. The first-order chi connectivity index (χ1) is 14.2. The molecule has 1 heterocycles. The third kappa shape index (κ3) is 5.81. The Hall–Kier alpha value is -2.90. The Balaban J connectivity index is 1.93. The van der Waals surface area contributed by atoms with E-state index in [0.29, 0.717) is 17.7 Å². The van der Waals surface area contributed by atoms with Crippen molar-refractivity contribution in [2.24, 2.45) is 0 Å². The number of ketones is 1. The number of unbranched alkanes of at least 4 members (excludes halogenated alkanes) is 4. The van der Waals surface area contributed by atoms with Crippen LogP contribution in [0.3, 0.4) is 0 Å². The maximum absolute atomic E-state index is 12.7. The highest BCUT2D eigenvalue weighted by atomic mass is 16.5. The first-order valence-corrected chi connectivity index (χ1v) is 10.4. The molecule has 8 heteroatoms. The quantitative estimate of drug-likeness (QED) is 0.326. The number of ether oxygens (including phenoxy) is 1. The molecule has 1 aromatic rings. The van der Waals surface area contributed by atoms with Crippen LogP contribution in [0.2, 0.25) is 0 Å². The van der Waals surface area contributed by atoms with Gasteiger partial charge < -0.3 is 10.1 Å². The summed E-state index contributed by atoms with van der Waals surface area (Å²) >= 11 is 0. The van der Waals surface area contributed by atoms with Crippen molar-refractivity contribution in [3.63, 3.8) is 0 Å². The molecular formula is C22H31N3O5. The molecule has 0 radical (unpaired) electrons. The number of imide groups is 1. The van der Waals surface area contributed by atoms with Gasteiger partial charge in [0, 0.05) is 5.56 Å². The Kier molecular flexibility index (Phi) is 7.97. The fraction of sp³-hybridized carbons (Fsp3) is 0.545. The van der Waals surface area contributed by atoms with E-state index in [1.54, 1.807) is 25.1 Å². The van der Waals surface area contributed by atoms with Gasteiger partial charge in [-0.1, -0.05) is 51.2 Å². The zero-order valence-electron chi connectivity index (χ0n) is 18.1. The molecule has 0 saturated carbocycles. The molecule has 2 rings (SSSR count). The third-order valence-corrected chi connectivity index (χ3v) is 5.19. The van der Waals surface area contributed by atoms with Crippen LogP contribution in [0, 0.1) is 0 Å². The monoisotopic (exact) mass is 417 g/mol. The maximum atomic E-state index is 12.7. The number of nitrogens with zero attached hydrogens (tertiary/aromatic N) is 1. The normalized spacial score (nSPS) is 19.4. The molecule has 1 aliphatic heterocycles. The van der Waals surface area contributed by atoms with E-state index >= 15 is 0 Å². The molecule has 0 aliphatic carbocycles. The number of rotatable bonds is 11. The second-order valence-corrected chi connectivity index (χ2v) is 7.89. The topological polar surface area (TPSA) is 105 Å². The molecule has 0 spiro atoms. The number of urea groups is 1. The molecule has 2 N–H and O–H groups in total. The number of carbonyl (C=O) groups is 4.